The van der Waals surface area contributed by atoms with Crippen molar-refractivity contribution in [2.75, 3.05) is 19.7 Å². The minimum absolute atomic E-state index is 0.183. The molecule has 1 aromatic carbocycles. The standard InChI is InChI=1S/C19H23N3O3/c1-13-4-2-7-16(10-13)24-9-8-17-20-18(25-21-17)15-11-22(12-15)19(23)14-5-3-6-14/h2,4,7,10,14-15H,3,5-6,8-9,11-12H2,1H3. The lowest BCUT2D eigenvalue weighted by Gasteiger charge is -2.41. The first-order valence-electron chi connectivity index (χ1n) is 9.00. The van der Waals surface area contributed by atoms with Crippen LogP contribution in [0.15, 0.2) is 28.8 Å². The number of rotatable bonds is 6. The van der Waals surface area contributed by atoms with Gasteiger partial charge in [-0.3, -0.25) is 4.79 Å². The van der Waals surface area contributed by atoms with E-state index in [9.17, 15) is 4.79 Å². The molecule has 0 N–H and O–H groups in total. The van der Waals surface area contributed by atoms with E-state index in [0.29, 0.717) is 43.7 Å². The smallest absolute Gasteiger partial charge is 0.233 e. The van der Waals surface area contributed by atoms with E-state index >= 15 is 0 Å². The maximum Gasteiger partial charge on any atom is 0.233 e. The lowest BCUT2D eigenvalue weighted by Crippen LogP contribution is -2.51. The largest absolute Gasteiger partial charge is 0.493 e. The molecule has 1 saturated heterocycles. The first-order valence-corrected chi connectivity index (χ1v) is 9.00. The average Bonchev–Trinajstić information content (AvgIpc) is 2.92. The third-order valence-electron chi connectivity index (χ3n) is 5.06. The Morgan fingerprint density at radius 1 is 1.36 bits per heavy atom. The van der Waals surface area contributed by atoms with Gasteiger partial charge in [-0.25, -0.2) is 0 Å². The average molecular weight is 341 g/mol. The summed E-state index contributed by atoms with van der Waals surface area (Å²) in [7, 11) is 0. The zero-order valence-corrected chi connectivity index (χ0v) is 14.5. The van der Waals surface area contributed by atoms with Crippen molar-refractivity contribution in [3.63, 3.8) is 0 Å². The van der Waals surface area contributed by atoms with Crippen molar-refractivity contribution in [1.82, 2.24) is 15.0 Å². The summed E-state index contributed by atoms with van der Waals surface area (Å²) in [6.45, 7) is 3.96. The molecule has 0 atom stereocenters. The Hall–Kier alpha value is -2.37. The van der Waals surface area contributed by atoms with E-state index in [4.69, 9.17) is 9.26 Å². The highest BCUT2D eigenvalue weighted by Crippen LogP contribution is 2.33. The normalized spacial score (nSPS) is 17.9. The van der Waals surface area contributed by atoms with Crippen molar-refractivity contribution in [3.8, 4) is 5.75 Å². The van der Waals surface area contributed by atoms with Crippen LogP contribution in [0, 0.1) is 12.8 Å². The zero-order chi connectivity index (χ0) is 17.2. The van der Waals surface area contributed by atoms with Crippen LogP contribution in [0.4, 0.5) is 0 Å². The van der Waals surface area contributed by atoms with Crippen molar-refractivity contribution >= 4 is 5.91 Å². The van der Waals surface area contributed by atoms with Gasteiger partial charge in [-0.2, -0.15) is 4.98 Å². The molecule has 2 aliphatic rings. The number of hydrogen-bond acceptors (Lipinski definition) is 5. The monoisotopic (exact) mass is 341 g/mol. The molecule has 1 saturated carbocycles. The number of amides is 1. The quantitative estimate of drug-likeness (QED) is 0.808. The van der Waals surface area contributed by atoms with Gasteiger partial charge in [-0.15, -0.1) is 0 Å². The van der Waals surface area contributed by atoms with Gasteiger partial charge in [0.25, 0.3) is 0 Å². The Morgan fingerprint density at radius 2 is 2.20 bits per heavy atom. The van der Waals surface area contributed by atoms with Crippen LogP contribution in [0.5, 0.6) is 5.75 Å². The molecule has 2 fully saturated rings. The van der Waals surface area contributed by atoms with Crippen molar-refractivity contribution in [2.24, 2.45) is 5.92 Å². The second kappa shape index (κ2) is 6.86. The lowest BCUT2D eigenvalue weighted by atomic mass is 9.83. The van der Waals surface area contributed by atoms with E-state index in [-0.39, 0.29) is 11.8 Å². The molecule has 0 radical (unpaired) electrons. The first-order chi connectivity index (χ1) is 12.2. The molecule has 1 aliphatic carbocycles. The Labute approximate surface area is 147 Å². The Bertz CT molecular complexity index is 748. The molecule has 25 heavy (non-hydrogen) atoms. The van der Waals surface area contributed by atoms with Crippen molar-refractivity contribution in [1.29, 1.82) is 0 Å². The predicted molar refractivity (Wildman–Crippen MR) is 91.3 cm³/mol. The van der Waals surface area contributed by atoms with Crippen LogP contribution >= 0.6 is 0 Å². The van der Waals surface area contributed by atoms with Crippen LogP contribution in [0.25, 0.3) is 0 Å². The first kappa shape index (κ1) is 16.1. The maximum absolute atomic E-state index is 12.1. The molecule has 1 aromatic heterocycles. The topological polar surface area (TPSA) is 68.5 Å². The van der Waals surface area contributed by atoms with E-state index in [1.54, 1.807) is 0 Å². The minimum atomic E-state index is 0.183. The minimum Gasteiger partial charge on any atom is -0.493 e. The highest BCUT2D eigenvalue weighted by molar-refractivity contribution is 5.80. The van der Waals surface area contributed by atoms with Crippen LogP contribution in [-0.2, 0) is 11.2 Å². The molecule has 1 aliphatic heterocycles. The zero-order valence-electron chi connectivity index (χ0n) is 14.5. The van der Waals surface area contributed by atoms with Gasteiger partial charge in [-0.05, 0) is 37.5 Å². The molecule has 6 heteroatoms. The van der Waals surface area contributed by atoms with Gasteiger partial charge in [0.15, 0.2) is 5.82 Å². The van der Waals surface area contributed by atoms with Gasteiger partial charge in [0.1, 0.15) is 5.75 Å². The molecule has 4 rings (SSSR count). The summed E-state index contributed by atoms with van der Waals surface area (Å²) in [6, 6.07) is 7.96. The highest BCUT2D eigenvalue weighted by atomic mass is 16.5. The van der Waals surface area contributed by atoms with Gasteiger partial charge in [0.05, 0.1) is 12.5 Å². The van der Waals surface area contributed by atoms with Gasteiger partial charge in [-0.1, -0.05) is 23.7 Å². The molecular formula is C19H23N3O3. The third-order valence-corrected chi connectivity index (χ3v) is 5.06. The van der Waals surface area contributed by atoms with Gasteiger partial charge >= 0.3 is 0 Å². The Morgan fingerprint density at radius 3 is 2.92 bits per heavy atom. The fraction of sp³-hybridized carbons (Fsp3) is 0.526. The summed E-state index contributed by atoms with van der Waals surface area (Å²) in [5.41, 5.74) is 1.17. The summed E-state index contributed by atoms with van der Waals surface area (Å²) < 4.78 is 11.1. The number of aromatic nitrogens is 2. The van der Waals surface area contributed by atoms with E-state index in [1.165, 1.54) is 12.0 Å². The number of hydrogen-bond donors (Lipinski definition) is 0. The molecule has 0 bridgehead atoms. The molecule has 0 spiro atoms. The number of carbonyl (C=O) groups excluding carboxylic acids is 1. The number of carbonyl (C=O) groups is 1. The van der Waals surface area contributed by atoms with Crippen LogP contribution < -0.4 is 4.74 Å². The molecule has 1 amide bonds. The summed E-state index contributed by atoms with van der Waals surface area (Å²) in [5, 5.41) is 4.03. The molecule has 0 unspecified atom stereocenters. The van der Waals surface area contributed by atoms with Crippen molar-refractivity contribution in [2.45, 2.75) is 38.5 Å². The fourth-order valence-corrected chi connectivity index (χ4v) is 3.23. The second-order valence-electron chi connectivity index (χ2n) is 7.03. The second-order valence-corrected chi connectivity index (χ2v) is 7.03. The van der Waals surface area contributed by atoms with Crippen LogP contribution in [0.1, 0.15) is 42.5 Å². The Kier molecular flexibility index (Phi) is 4.42. The maximum atomic E-state index is 12.1. The number of ether oxygens (including phenoxy) is 1. The SMILES string of the molecule is Cc1cccc(OCCc2noc(C3CN(C(=O)C4CCC4)C3)n2)c1. The molecule has 132 valence electrons. The lowest BCUT2D eigenvalue weighted by molar-refractivity contribution is -0.143. The summed E-state index contributed by atoms with van der Waals surface area (Å²) in [6.07, 6.45) is 3.89. The molecule has 6 nitrogen and oxygen atoms in total. The number of likely N-dealkylation sites (tertiary alicyclic amines) is 1. The van der Waals surface area contributed by atoms with Crippen LogP contribution in [0.3, 0.4) is 0 Å². The summed E-state index contributed by atoms with van der Waals surface area (Å²) in [5.74, 6) is 2.90. The molecule has 2 heterocycles. The molecular weight excluding hydrogens is 318 g/mol. The van der Waals surface area contributed by atoms with E-state index in [0.717, 1.165) is 18.6 Å². The van der Waals surface area contributed by atoms with Crippen molar-refractivity contribution in [3.05, 3.63) is 41.5 Å². The predicted octanol–water partition coefficient (Wildman–Crippen LogP) is 2.73. The van der Waals surface area contributed by atoms with Gasteiger partial charge in [0.2, 0.25) is 11.8 Å². The van der Waals surface area contributed by atoms with Crippen LogP contribution in [-0.4, -0.2) is 40.6 Å². The Balaban J connectivity index is 1.23. The third kappa shape index (κ3) is 3.52. The fourth-order valence-electron chi connectivity index (χ4n) is 3.23. The summed E-state index contributed by atoms with van der Waals surface area (Å²) in [4.78, 5) is 18.5. The number of benzene rings is 1. The summed E-state index contributed by atoms with van der Waals surface area (Å²) >= 11 is 0. The van der Waals surface area contributed by atoms with Gasteiger partial charge in [0, 0.05) is 25.4 Å². The number of aryl methyl sites for hydroxylation is 1. The van der Waals surface area contributed by atoms with Crippen LogP contribution in [0.2, 0.25) is 0 Å². The van der Waals surface area contributed by atoms with Crippen molar-refractivity contribution < 1.29 is 14.1 Å². The van der Waals surface area contributed by atoms with E-state index in [2.05, 4.69) is 10.1 Å². The van der Waals surface area contributed by atoms with Gasteiger partial charge < -0.3 is 14.2 Å². The molecule has 2 aromatic rings. The van der Waals surface area contributed by atoms with E-state index in [1.807, 2.05) is 36.1 Å². The van der Waals surface area contributed by atoms with E-state index < -0.39 is 0 Å². The highest BCUT2D eigenvalue weighted by Gasteiger charge is 2.39. The number of nitrogens with zero attached hydrogens (tertiary/aromatic N) is 3.